The molecular formula is C39H50O11. The molecule has 0 aromatic heterocycles. The van der Waals surface area contributed by atoms with Gasteiger partial charge in [-0.15, -0.1) is 0 Å². The summed E-state index contributed by atoms with van der Waals surface area (Å²) in [5, 5.41) is 55.4. The quantitative estimate of drug-likeness (QED) is 0.0774. The number of ether oxygens (including phenoxy) is 1. The Balaban J connectivity index is 1.47. The average Bonchev–Trinajstić information content (AvgIpc) is 3.60. The number of carbonyl (C=O) groups excluding carboxylic acids is 4. The molecule has 4 aliphatic rings. The van der Waals surface area contributed by atoms with Crippen molar-refractivity contribution >= 4 is 35.0 Å². The van der Waals surface area contributed by atoms with E-state index >= 15 is 0 Å². The molecule has 0 heterocycles. The second kappa shape index (κ2) is 15.5. The van der Waals surface area contributed by atoms with Crippen LogP contribution in [0.25, 0.3) is 5.76 Å². The van der Waals surface area contributed by atoms with E-state index in [1.165, 1.54) is 6.07 Å². The minimum Gasteiger partial charge on any atom is -0.508 e. The first-order valence-corrected chi connectivity index (χ1v) is 18.3. The van der Waals surface area contributed by atoms with Crippen molar-refractivity contribution in [2.75, 3.05) is 0 Å². The van der Waals surface area contributed by atoms with Crippen LogP contribution in [0.5, 0.6) is 5.75 Å². The van der Waals surface area contributed by atoms with Crippen molar-refractivity contribution in [3.05, 3.63) is 46.2 Å². The number of hydrogen-bond acceptors (Lipinski definition) is 10. The normalized spacial score (nSPS) is 27.1. The summed E-state index contributed by atoms with van der Waals surface area (Å²) in [5.74, 6) is -8.94. The predicted octanol–water partition coefficient (Wildman–Crippen LogP) is 6.40. The van der Waals surface area contributed by atoms with E-state index in [1.807, 2.05) is 0 Å². The first-order valence-electron chi connectivity index (χ1n) is 18.3. The molecule has 2 fully saturated rings. The molecule has 2 saturated carbocycles. The average molecular weight is 695 g/mol. The number of carboxylic acids is 1. The molecule has 0 amide bonds. The summed E-state index contributed by atoms with van der Waals surface area (Å²) in [4.78, 5) is 65.6. The number of fused-ring (bicyclic) bond motifs is 3. The number of phenolic OH excluding ortho intramolecular Hbond substituents is 1. The molecule has 0 radical (unpaired) electrons. The number of ketones is 3. The highest BCUT2D eigenvalue weighted by Crippen LogP contribution is 2.58. The molecule has 0 spiro atoms. The number of benzene rings is 1. The standard InChI is InChI=1S/C39H50O11/c1-3-29(43)50-35-25-20-28(42)32(27(41)16-8-6-4-5-7-12-21(2)38(47)48)36(45)39(25,49)37(46)33-31(35)24(19-18-22-13-9-10-14-22)23-15-11-17-26(40)30(23)34(33)44/h11,15,17,21-22,24-25,31,35,40,44-45,49H,3-10,12-14,16,18-20H2,1-2H3,(H,47,48)/t21?,24-,25+,31+,35+,39+/m0/s1. The van der Waals surface area contributed by atoms with Crippen LogP contribution in [0, 0.1) is 23.7 Å². The number of aliphatic hydroxyl groups excluding tert-OH is 2. The SMILES string of the molecule is CCC(=O)O[C@H]1[C@H]2C(=C(O)c3c(O)cccc3[C@@H]2CCC2CCCC2)C(=O)[C@]2(O)C(O)=C(C(=O)CCCCCCCC(C)C(=O)O)C(=O)C[C@H]12. The number of carbonyl (C=O) groups is 5. The Morgan fingerprint density at radius 2 is 1.66 bits per heavy atom. The Hall–Kier alpha value is -3.99. The summed E-state index contributed by atoms with van der Waals surface area (Å²) in [6, 6.07) is 4.77. The number of aliphatic hydroxyl groups is 3. The highest BCUT2D eigenvalue weighted by Gasteiger charge is 2.66. The van der Waals surface area contributed by atoms with Gasteiger partial charge in [0.05, 0.1) is 11.5 Å². The highest BCUT2D eigenvalue weighted by atomic mass is 16.5. The number of esters is 1. The van der Waals surface area contributed by atoms with Crippen molar-refractivity contribution in [1.82, 2.24) is 0 Å². The molecule has 1 aromatic rings. The molecular weight excluding hydrogens is 644 g/mol. The summed E-state index contributed by atoms with van der Waals surface area (Å²) in [6.07, 6.45) is 7.41. The van der Waals surface area contributed by atoms with Gasteiger partial charge in [0.15, 0.2) is 17.2 Å². The summed E-state index contributed by atoms with van der Waals surface area (Å²) >= 11 is 0. The lowest BCUT2D eigenvalue weighted by atomic mass is 9.54. The zero-order valence-corrected chi connectivity index (χ0v) is 29.0. The van der Waals surface area contributed by atoms with Gasteiger partial charge in [0.2, 0.25) is 5.78 Å². The molecule has 11 nitrogen and oxygen atoms in total. The Morgan fingerprint density at radius 3 is 2.34 bits per heavy atom. The number of aliphatic carboxylic acids is 1. The zero-order chi connectivity index (χ0) is 36.3. The second-order valence-electron chi connectivity index (χ2n) is 14.7. The third-order valence-corrected chi connectivity index (χ3v) is 11.6. The number of hydrogen-bond donors (Lipinski definition) is 5. The molecule has 50 heavy (non-hydrogen) atoms. The number of rotatable bonds is 15. The maximum absolute atomic E-state index is 14.5. The van der Waals surface area contributed by atoms with Crippen molar-refractivity contribution in [2.45, 2.75) is 128 Å². The Labute approximate surface area is 292 Å². The number of Topliss-reactive ketones (excluding diaryl/α,β-unsaturated/α-hetero) is 3. The number of allylic oxidation sites excluding steroid dienone is 1. The van der Waals surface area contributed by atoms with Gasteiger partial charge in [-0.1, -0.05) is 77.3 Å². The smallest absolute Gasteiger partial charge is 0.306 e. The molecule has 4 aliphatic carbocycles. The number of aromatic hydroxyl groups is 1. The van der Waals surface area contributed by atoms with Crippen LogP contribution in [-0.4, -0.2) is 66.5 Å². The maximum Gasteiger partial charge on any atom is 0.306 e. The van der Waals surface area contributed by atoms with E-state index in [1.54, 1.807) is 26.0 Å². The topological polar surface area (TPSA) is 196 Å². The zero-order valence-electron chi connectivity index (χ0n) is 29.0. The largest absolute Gasteiger partial charge is 0.508 e. The van der Waals surface area contributed by atoms with Gasteiger partial charge in [-0.05, 0) is 49.1 Å². The van der Waals surface area contributed by atoms with Gasteiger partial charge in [0, 0.05) is 36.7 Å². The first-order chi connectivity index (χ1) is 23.8. The minimum atomic E-state index is -2.84. The number of carboxylic acid groups (broad SMARTS) is 1. The van der Waals surface area contributed by atoms with E-state index in [4.69, 9.17) is 9.84 Å². The van der Waals surface area contributed by atoms with E-state index in [9.17, 15) is 44.4 Å². The molecule has 5 N–H and O–H groups in total. The molecule has 0 bridgehead atoms. The molecule has 0 aliphatic heterocycles. The van der Waals surface area contributed by atoms with Gasteiger partial charge in [0.25, 0.3) is 0 Å². The maximum atomic E-state index is 14.5. The van der Waals surface area contributed by atoms with E-state index in [2.05, 4.69) is 0 Å². The Morgan fingerprint density at radius 1 is 0.980 bits per heavy atom. The van der Waals surface area contributed by atoms with E-state index in [-0.39, 0.29) is 29.7 Å². The molecule has 272 valence electrons. The van der Waals surface area contributed by atoms with Crippen LogP contribution < -0.4 is 0 Å². The molecule has 11 heteroatoms. The van der Waals surface area contributed by atoms with Crippen molar-refractivity contribution in [2.24, 2.45) is 23.7 Å². The van der Waals surface area contributed by atoms with Crippen molar-refractivity contribution in [3.8, 4) is 5.75 Å². The van der Waals surface area contributed by atoms with Crippen LogP contribution in [-0.2, 0) is 28.7 Å². The molecule has 6 atom stereocenters. The molecule has 5 rings (SSSR count). The van der Waals surface area contributed by atoms with E-state index in [0.717, 1.165) is 51.4 Å². The lowest BCUT2D eigenvalue weighted by Gasteiger charge is -2.52. The predicted molar refractivity (Wildman–Crippen MR) is 182 cm³/mol. The monoisotopic (exact) mass is 694 g/mol. The lowest BCUT2D eigenvalue weighted by molar-refractivity contribution is -0.178. The summed E-state index contributed by atoms with van der Waals surface area (Å²) in [6.45, 7) is 3.23. The van der Waals surface area contributed by atoms with Crippen molar-refractivity contribution in [3.63, 3.8) is 0 Å². The fourth-order valence-electron chi connectivity index (χ4n) is 8.74. The van der Waals surface area contributed by atoms with Gasteiger partial charge < -0.3 is 30.3 Å². The van der Waals surface area contributed by atoms with Crippen LogP contribution in [0.3, 0.4) is 0 Å². The van der Waals surface area contributed by atoms with Crippen molar-refractivity contribution in [1.29, 1.82) is 0 Å². The third-order valence-electron chi connectivity index (χ3n) is 11.6. The van der Waals surface area contributed by atoms with Gasteiger partial charge >= 0.3 is 11.9 Å². The van der Waals surface area contributed by atoms with Gasteiger partial charge in [-0.3, -0.25) is 24.0 Å². The van der Waals surface area contributed by atoms with Crippen LogP contribution in [0.1, 0.15) is 127 Å². The van der Waals surface area contributed by atoms with Crippen LogP contribution in [0.15, 0.2) is 35.1 Å². The first kappa shape index (κ1) is 37.3. The van der Waals surface area contributed by atoms with E-state index < -0.39 is 88.2 Å². The van der Waals surface area contributed by atoms with Crippen LogP contribution in [0.4, 0.5) is 0 Å². The fourth-order valence-corrected chi connectivity index (χ4v) is 8.74. The van der Waals surface area contributed by atoms with Gasteiger partial charge in [-0.25, -0.2) is 0 Å². The Kier molecular flexibility index (Phi) is 11.5. The lowest BCUT2D eigenvalue weighted by Crippen LogP contribution is -2.64. The highest BCUT2D eigenvalue weighted by molar-refractivity contribution is 6.24. The van der Waals surface area contributed by atoms with Crippen molar-refractivity contribution < 1.29 is 54.2 Å². The third kappa shape index (κ3) is 6.98. The summed E-state index contributed by atoms with van der Waals surface area (Å²) in [7, 11) is 0. The fraction of sp³-hybridized carbons (Fsp3) is 0.615. The molecule has 1 aromatic carbocycles. The number of unbranched alkanes of at least 4 members (excludes halogenated alkanes) is 4. The van der Waals surface area contributed by atoms with Gasteiger partial charge in [-0.2, -0.15) is 0 Å². The second-order valence-corrected chi connectivity index (χ2v) is 14.7. The van der Waals surface area contributed by atoms with Crippen LogP contribution in [0.2, 0.25) is 0 Å². The minimum absolute atomic E-state index is 0.0372. The number of phenols is 1. The molecule has 0 saturated heterocycles. The summed E-state index contributed by atoms with van der Waals surface area (Å²) < 4.78 is 5.96. The Bertz CT molecular complexity index is 1580. The van der Waals surface area contributed by atoms with Crippen LogP contribution >= 0.6 is 0 Å². The summed E-state index contributed by atoms with van der Waals surface area (Å²) in [5.41, 5.74) is -3.19. The molecule has 1 unspecified atom stereocenters. The van der Waals surface area contributed by atoms with E-state index in [0.29, 0.717) is 37.2 Å². The van der Waals surface area contributed by atoms with Gasteiger partial charge in [0.1, 0.15) is 28.9 Å².